The fourth-order valence-electron chi connectivity index (χ4n) is 1.39. The van der Waals surface area contributed by atoms with E-state index in [1.807, 2.05) is 6.20 Å². The SMILES string of the molecule is CC[C@@H](C)OCc1c(I)cnn1[C@@H](C)CC. The zero-order valence-corrected chi connectivity index (χ0v) is 12.7. The van der Waals surface area contributed by atoms with Gasteiger partial charge in [0.15, 0.2) is 0 Å². The molecule has 0 aliphatic rings. The van der Waals surface area contributed by atoms with Gasteiger partial charge in [0.1, 0.15) is 0 Å². The Morgan fingerprint density at radius 2 is 2.06 bits per heavy atom. The van der Waals surface area contributed by atoms with Crippen molar-refractivity contribution in [2.45, 2.75) is 59.3 Å². The first-order valence-electron chi connectivity index (χ1n) is 5.93. The van der Waals surface area contributed by atoms with Gasteiger partial charge in [-0.3, -0.25) is 4.68 Å². The molecule has 2 atom stereocenters. The van der Waals surface area contributed by atoms with Crippen LogP contribution in [0.1, 0.15) is 52.3 Å². The Morgan fingerprint density at radius 1 is 1.38 bits per heavy atom. The second-order valence-corrected chi connectivity index (χ2v) is 5.33. The zero-order valence-electron chi connectivity index (χ0n) is 10.5. The highest BCUT2D eigenvalue weighted by Gasteiger charge is 2.13. The molecule has 0 aromatic carbocycles. The molecule has 0 aliphatic carbocycles. The Labute approximate surface area is 112 Å². The van der Waals surface area contributed by atoms with Crippen LogP contribution >= 0.6 is 22.6 Å². The number of ether oxygens (including phenoxy) is 1. The van der Waals surface area contributed by atoms with Gasteiger partial charge in [-0.2, -0.15) is 5.10 Å². The number of hydrogen-bond acceptors (Lipinski definition) is 2. The second kappa shape index (κ2) is 6.59. The standard InChI is InChI=1S/C12H21IN2O/c1-5-9(3)15-12(11(13)7-14-15)8-16-10(4)6-2/h7,9-10H,5-6,8H2,1-4H3/t9-,10+/m0/s1. The summed E-state index contributed by atoms with van der Waals surface area (Å²) in [5.74, 6) is 0. The maximum Gasteiger partial charge on any atom is 0.0899 e. The Hall–Kier alpha value is -0.100. The molecule has 0 fully saturated rings. The summed E-state index contributed by atoms with van der Waals surface area (Å²) in [4.78, 5) is 0. The summed E-state index contributed by atoms with van der Waals surface area (Å²) in [6.45, 7) is 9.28. The molecule has 1 aromatic rings. The van der Waals surface area contributed by atoms with E-state index in [9.17, 15) is 0 Å². The van der Waals surface area contributed by atoms with Gasteiger partial charge in [-0.25, -0.2) is 0 Å². The predicted octanol–water partition coefficient (Wildman–Crippen LogP) is 3.77. The van der Waals surface area contributed by atoms with Gasteiger partial charge in [-0.1, -0.05) is 13.8 Å². The average Bonchev–Trinajstić information content (AvgIpc) is 2.66. The third-order valence-corrected chi connectivity index (χ3v) is 3.84. The fourth-order valence-corrected chi connectivity index (χ4v) is 1.92. The third kappa shape index (κ3) is 3.45. The van der Waals surface area contributed by atoms with Crippen molar-refractivity contribution < 1.29 is 4.74 Å². The smallest absolute Gasteiger partial charge is 0.0899 e. The van der Waals surface area contributed by atoms with Crippen molar-refractivity contribution in [2.24, 2.45) is 0 Å². The van der Waals surface area contributed by atoms with E-state index >= 15 is 0 Å². The van der Waals surface area contributed by atoms with Crippen LogP contribution in [-0.2, 0) is 11.3 Å². The highest BCUT2D eigenvalue weighted by molar-refractivity contribution is 14.1. The van der Waals surface area contributed by atoms with E-state index in [0.29, 0.717) is 18.8 Å². The molecule has 4 heteroatoms. The summed E-state index contributed by atoms with van der Waals surface area (Å²) >= 11 is 2.33. The second-order valence-electron chi connectivity index (χ2n) is 4.17. The van der Waals surface area contributed by atoms with Crippen molar-refractivity contribution >= 4 is 22.6 Å². The molecule has 0 aliphatic heterocycles. The van der Waals surface area contributed by atoms with Crippen LogP contribution in [-0.4, -0.2) is 15.9 Å². The molecule has 92 valence electrons. The van der Waals surface area contributed by atoms with Crippen LogP contribution < -0.4 is 0 Å². The van der Waals surface area contributed by atoms with E-state index in [4.69, 9.17) is 4.74 Å². The van der Waals surface area contributed by atoms with E-state index in [2.05, 4.69) is 60.1 Å². The van der Waals surface area contributed by atoms with Gasteiger partial charge in [0.05, 0.1) is 28.2 Å². The van der Waals surface area contributed by atoms with Crippen molar-refractivity contribution in [2.75, 3.05) is 0 Å². The predicted molar refractivity (Wildman–Crippen MR) is 74.5 cm³/mol. The molecule has 1 heterocycles. The Kier molecular flexibility index (Phi) is 5.75. The van der Waals surface area contributed by atoms with Gasteiger partial charge in [0.2, 0.25) is 0 Å². The summed E-state index contributed by atoms with van der Waals surface area (Å²) in [6.07, 6.45) is 4.38. The summed E-state index contributed by atoms with van der Waals surface area (Å²) < 4.78 is 9.07. The zero-order chi connectivity index (χ0) is 12.1. The number of hydrogen-bond donors (Lipinski definition) is 0. The molecule has 3 nitrogen and oxygen atoms in total. The van der Waals surface area contributed by atoms with E-state index in [-0.39, 0.29) is 0 Å². The van der Waals surface area contributed by atoms with Gasteiger partial charge >= 0.3 is 0 Å². The quantitative estimate of drug-likeness (QED) is 0.740. The molecule has 16 heavy (non-hydrogen) atoms. The van der Waals surface area contributed by atoms with Crippen LogP contribution in [0, 0.1) is 3.57 Å². The van der Waals surface area contributed by atoms with Gasteiger partial charge in [-0.15, -0.1) is 0 Å². The van der Waals surface area contributed by atoms with Crippen LogP contribution in [0.15, 0.2) is 6.20 Å². The lowest BCUT2D eigenvalue weighted by atomic mass is 10.2. The van der Waals surface area contributed by atoms with Crippen LogP contribution in [0.4, 0.5) is 0 Å². The summed E-state index contributed by atoms with van der Waals surface area (Å²) in [5, 5.41) is 4.42. The molecule has 0 N–H and O–H groups in total. The van der Waals surface area contributed by atoms with Crippen LogP contribution in [0.25, 0.3) is 0 Å². The molecule has 0 saturated heterocycles. The lowest BCUT2D eigenvalue weighted by Gasteiger charge is -2.16. The largest absolute Gasteiger partial charge is 0.372 e. The van der Waals surface area contributed by atoms with Crippen LogP contribution in [0.5, 0.6) is 0 Å². The van der Waals surface area contributed by atoms with Crippen molar-refractivity contribution in [3.05, 3.63) is 15.5 Å². The Balaban J connectivity index is 2.73. The summed E-state index contributed by atoms with van der Waals surface area (Å²) in [7, 11) is 0. The minimum absolute atomic E-state index is 0.316. The molecular weight excluding hydrogens is 315 g/mol. The van der Waals surface area contributed by atoms with Crippen LogP contribution in [0.3, 0.4) is 0 Å². The number of rotatable bonds is 6. The minimum atomic E-state index is 0.316. The van der Waals surface area contributed by atoms with Crippen molar-refractivity contribution in [3.63, 3.8) is 0 Å². The normalized spacial score (nSPS) is 15.1. The van der Waals surface area contributed by atoms with Gasteiger partial charge in [0, 0.05) is 6.04 Å². The molecule has 0 radical (unpaired) electrons. The maximum absolute atomic E-state index is 5.79. The van der Waals surface area contributed by atoms with E-state index in [0.717, 1.165) is 12.8 Å². The molecule has 0 unspecified atom stereocenters. The van der Waals surface area contributed by atoms with Gasteiger partial charge in [-0.05, 0) is 49.3 Å². The molecule has 0 bridgehead atoms. The van der Waals surface area contributed by atoms with E-state index in [1.54, 1.807) is 0 Å². The summed E-state index contributed by atoms with van der Waals surface area (Å²) in [5.41, 5.74) is 1.20. The molecule has 0 saturated carbocycles. The Morgan fingerprint density at radius 3 is 2.62 bits per heavy atom. The van der Waals surface area contributed by atoms with Crippen molar-refractivity contribution in [1.29, 1.82) is 0 Å². The monoisotopic (exact) mass is 336 g/mol. The minimum Gasteiger partial charge on any atom is -0.372 e. The van der Waals surface area contributed by atoms with Crippen molar-refractivity contribution in [1.82, 2.24) is 9.78 Å². The topological polar surface area (TPSA) is 27.1 Å². The first kappa shape index (κ1) is 14.0. The van der Waals surface area contributed by atoms with Crippen molar-refractivity contribution in [3.8, 4) is 0 Å². The van der Waals surface area contributed by atoms with E-state index < -0.39 is 0 Å². The van der Waals surface area contributed by atoms with Gasteiger partial charge in [0.25, 0.3) is 0 Å². The molecule has 1 rings (SSSR count). The molecule has 0 spiro atoms. The summed E-state index contributed by atoms with van der Waals surface area (Å²) in [6, 6.07) is 0.444. The van der Waals surface area contributed by atoms with E-state index in [1.165, 1.54) is 9.26 Å². The average molecular weight is 336 g/mol. The Bertz CT molecular complexity index is 325. The van der Waals surface area contributed by atoms with Crippen LogP contribution in [0.2, 0.25) is 0 Å². The first-order chi connectivity index (χ1) is 7.60. The lowest BCUT2D eigenvalue weighted by Crippen LogP contribution is -2.14. The first-order valence-corrected chi connectivity index (χ1v) is 7.01. The third-order valence-electron chi connectivity index (χ3n) is 2.94. The maximum atomic E-state index is 5.79. The molecule has 0 amide bonds. The highest BCUT2D eigenvalue weighted by atomic mass is 127. The molecule has 1 aromatic heterocycles. The molecular formula is C12H21IN2O. The number of aromatic nitrogens is 2. The van der Waals surface area contributed by atoms with Gasteiger partial charge < -0.3 is 4.74 Å². The number of halogens is 1. The number of nitrogens with zero attached hydrogens (tertiary/aromatic N) is 2. The highest BCUT2D eigenvalue weighted by Crippen LogP contribution is 2.19. The lowest BCUT2D eigenvalue weighted by molar-refractivity contribution is 0.0455. The fraction of sp³-hybridized carbons (Fsp3) is 0.750.